The number of aromatic nitrogens is 2. The quantitative estimate of drug-likeness (QED) is 0.253. The largest absolute Gasteiger partial charge is 0.465 e. The van der Waals surface area contributed by atoms with Crippen LogP contribution in [0.5, 0.6) is 0 Å². The van der Waals surface area contributed by atoms with Gasteiger partial charge < -0.3 is 14.0 Å². The molecule has 0 atom stereocenters. The van der Waals surface area contributed by atoms with Crippen LogP contribution < -0.4 is 0 Å². The van der Waals surface area contributed by atoms with Gasteiger partial charge in [0, 0.05) is 48.7 Å². The summed E-state index contributed by atoms with van der Waals surface area (Å²) in [5.74, 6) is -0.260. The van der Waals surface area contributed by atoms with Crippen LogP contribution in [-0.4, -0.2) is 29.2 Å². The number of carbonyl (C=O) groups is 1. The van der Waals surface area contributed by atoms with Crippen molar-refractivity contribution < 1.29 is 14.3 Å². The van der Waals surface area contributed by atoms with Crippen LogP contribution in [0.15, 0.2) is 55.3 Å². The minimum Gasteiger partial charge on any atom is -0.465 e. The lowest BCUT2D eigenvalue weighted by Crippen LogP contribution is -2.24. The topological polar surface area (TPSA) is 53.4 Å². The van der Waals surface area contributed by atoms with E-state index in [-0.39, 0.29) is 11.4 Å². The standard InChI is InChI=1S/C29H36N2O3/c1-8-11-20(3)22-13-14-27-24(16-22)25(17-29(5,6)19-34-21(4)32)28(31(27)9-2)23-12-10-15-30-26(23)18-33-7/h8,10-16H,3,9,17-19H2,1-2,4-7H3/b11-8+. The van der Waals surface area contributed by atoms with Gasteiger partial charge in [-0.1, -0.05) is 38.6 Å². The Labute approximate surface area is 203 Å². The molecule has 0 saturated heterocycles. The van der Waals surface area contributed by atoms with Crippen LogP contribution in [0.2, 0.25) is 0 Å². The van der Waals surface area contributed by atoms with Crippen molar-refractivity contribution in [2.75, 3.05) is 13.7 Å². The first-order chi connectivity index (χ1) is 16.2. The molecule has 5 heteroatoms. The molecule has 3 aromatic rings. The highest BCUT2D eigenvalue weighted by Gasteiger charge is 2.28. The SMILES string of the molecule is C=C(/C=C/C)c1ccc2c(c1)c(CC(C)(C)COC(C)=O)c(-c1cccnc1COC)n2CC. The van der Waals surface area contributed by atoms with Gasteiger partial charge in [0.1, 0.15) is 0 Å². The third-order valence-corrected chi connectivity index (χ3v) is 5.97. The number of benzene rings is 1. The first-order valence-corrected chi connectivity index (χ1v) is 11.8. The molecule has 0 aliphatic rings. The molecule has 34 heavy (non-hydrogen) atoms. The lowest BCUT2D eigenvalue weighted by Gasteiger charge is -2.25. The average Bonchev–Trinajstić information content (AvgIpc) is 3.10. The van der Waals surface area contributed by atoms with Gasteiger partial charge in [-0.15, -0.1) is 0 Å². The third-order valence-electron chi connectivity index (χ3n) is 5.97. The van der Waals surface area contributed by atoms with E-state index in [9.17, 15) is 4.79 Å². The van der Waals surface area contributed by atoms with E-state index in [1.807, 2.05) is 25.1 Å². The second-order valence-corrected chi connectivity index (χ2v) is 9.38. The molecule has 3 rings (SSSR count). The molecule has 2 aromatic heterocycles. The number of aryl methyl sites for hydroxylation is 1. The summed E-state index contributed by atoms with van der Waals surface area (Å²) in [4.78, 5) is 16.2. The summed E-state index contributed by atoms with van der Waals surface area (Å²) in [7, 11) is 1.69. The molecule has 0 fully saturated rings. The average molecular weight is 461 g/mol. The maximum Gasteiger partial charge on any atom is 0.302 e. The number of esters is 1. The number of hydrogen-bond donors (Lipinski definition) is 0. The molecule has 0 radical (unpaired) electrons. The van der Waals surface area contributed by atoms with E-state index in [1.165, 1.54) is 23.4 Å². The zero-order valence-electron chi connectivity index (χ0n) is 21.3. The van der Waals surface area contributed by atoms with Gasteiger partial charge in [0.15, 0.2) is 0 Å². The fourth-order valence-corrected chi connectivity index (χ4v) is 4.47. The van der Waals surface area contributed by atoms with Crippen LogP contribution in [0.3, 0.4) is 0 Å². The molecular weight excluding hydrogens is 424 g/mol. The lowest BCUT2D eigenvalue weighted by atomic mass is 9.84. The van der Waals surface area contributed by atoms with Crippen LogP contribution in [-0.2, 0) is 33.8 Å². The van der Waals surface area contributed by atoms with E-state index in [1.54, 1.807) is 13.3 Å². The first-order valence-electron chi connectivity index (χ1n) is 11.8. The number of ether oxygens (including phenoxy) is 2. The Morgan fingerprint density at radius 3 is 2.68 bits per heavy atom. The number of allylic oxidation sites excluding steroid dienone is 3. The van der Waals surface area contributed by atoms with E-state index in [0.29, 0.717) is 13.2 Å². The molecule has 0 unspecified atom stereocenters. The van der Waals surface area contributed by atoms with E-state index in [4.69, 9.17) is 9.47 Å². The van der Waals surface area contributed by atoms with Crippen LogP contribution in [0.1, 0.15) is 51.4 Å². The number of nitrogens with zero attached hydrogens (tertiary/aromatic N) is 2. The molecule has 1 aromatic carbocycles. The van der Waals surface area contributed by atoms with Crippen molar-refractivity contribution in [2.24, 2.45) is 5.41 Å². The Kier molecular flexibility index (Phi) is 8.11. The van der Waals surface area contributed by atoms with Crippen LogP contribution in [0, 0.1) is 5.41 Å². The van der Waals surface area contributed by atoms with E-state index < -0.39 is 0 Å². The number of methoxy groups -OCH3 is 1. The highest BCUT2D eigenvalue weighted by Crippen LogP contribution is 2.40. The zero-order valence-corrected chi connectivity index (χ0v) is 21.3. The van der Waals surface area contributed by atoms with Gasteiger partial charge in [-0.25, -0.2) is 0 Å². The predicted molar refractivity (Wildman–Crippen MR) is 140 cm³/mol. The summed E-state index contributed by atoms with van der Waals surface area (Å²) in [6.07, 6.45) is 6.58. The molecule has 180 valence electrons. The molecule has 0 amide bonds. The lowest BCUT2D eigenvalue weighted by molar-refractivity contribution is -0.143. The smallest absolute Gasteiger partial charge is 0.302 e. The van der Waals surface area contributed by atoms with E-state index in [0.717, 1.165) is 41.1 Å². The number of hydrogen-bond acceptors (Lipinski definition) is 4. The van der Waals surface area contributed by atoms with Crippen molar-refractivity contribution >= 4 is 22.4 Å². The molecular formula is C29H36N2O3. The minimum atomic E-state index is -0.260. The monoisotopic (exact) mass is 460 g/mol. The highest BCUT2D eigenvalue weighted by molar-refractivity contribution is 5.95. The summed E-state index contributed by atoms with van der Waals surface area (Å²) in [5, 5.41) is 1.18. The number of fused-ring (bicyclic) bond motifs is 1. The Bertz CT molecular complexity index is 1220. The van der Waals surface area contributed by atoms with Gasteiger partial charge in [0.2, 0.25) is 0 Å². The minimum absolute atomic E-state index is 0.257. The van der Waals surface area contributed by atoms with E-state index in [2.05, 4.69) is 61.2 Å². The second-order valence-electron chi connectivity index (χ2n) is 9.38. The molecule has 2 heterocycles. The van der Waals surface area contributed by atoms with Crippen molar-refractivity contribution in [2.45, 2.75) is 54.2 Å². The fraction of sp³-hybridized carbons (Fsp3) is 0.379. The van der Waals surface area contributed by atoms with Gasteiger partial charge in [-0.2, -0.15) is 0 Å². The molecule has 0 spiro atoms. The Morgan fingerprint density at radius 2 is 2.03 bits per heavy atom. The summed E-state index contributed by atoms with van der Waals surface area (Å²) in [6.45, 7) is 15.7. The van der Waals surface area contributed by atoms with Crippen molar-refractivity contribution in [1.29, 1.82) is 0 Å². The number of rotatable bonds is 10. The number of carbonyl (C=O) groups excluding carboxylic acids is 1. The molecule has 0 N–H and O–H groups in total. The van der Waals surface area contributed by atoms with Crippen LogP contribution in [0.4, 0.5) is 0 Å². The van der Waals surface area contributed by atoms with Crippen molar-refractivity contribution in [3.05, 3.63) is 72.1 Å². The van der Waals surface area contributed by atoms with Crippen molar-refractivity contribution in [3.63, 3.8) is 0 Å². The Balaban J connectivity index is 2.31. The van der Waals surface area contributed by atoms with Crippen LogP contribution >= 0.6 is 0 Å². The summed E-state index contributed by atoms with van der Waals surface area (Å²) >= 11 is 0. The Hall–Kier alpha value is -3.18. The van der Waals surface area contributed by atoms with Gasteiger partial charge in [-0.05, 0) is 61.2 Å². The fourth-order valence-electron chi connectivity index (χ4n) is 4.47. The van der Waals surface area contributed by atoms with E-state index >= 15 is 0 Å². The summed E-state index contributed by atoms with van der Waals surface area (Å²) in [6, 6.07) is 10.6. The van der Waals surface area contributed by atoms with Gasteiger partial charge >= 0.3 is 5.97 Å². The maximum absolute atomic E-state index is 11.5. The Morgan fingerprint density at radius 1 is 1.26 bits per heavy atom. The third kappa shape index (κ3) is 5.48. The summed E-state index contributed by atoms with van der Waals surface area (Å²) < 4.78 is 13.2. The normalized spacial score (nSPS) is 11.9. The van der Waals surface area contributed by atoms with Gasteiger partial charge in [0.05, 0.1) is 24.6 Å². The molecule has 5 nitrogen and oxygen atoms in total. The number of pyridine rings is 1. The van der Waals surface area contributed by atoms with Gasteiger partial charge in [0.25, 0.3) is 0 Å². The zero-order chi connectivity index (χ0) is 24.9. The summed E-state index contributed by atoms with van der Waals surface area (Å²) in [5.41, 5.74) is 7.30. The molecule has 0 saturated carbocycles. The maximum atomic E-state index is 11.5. The molecule has 0 aliphatic heterocycles. The van der Waals surface area contributed by atoms with Crippen molar-refractivity contribution in [1.82, 2.24) is 9.55 Å². The highest BCUT2D eigenvalue weighted by atomic mass is 16.5. The molecule has 0 aliphatic carbocycles. The molecule has 0 bridgehead atoms. The van der Waals surface area contributed by atoms with Crippen molar-refractivity contribution in [3.8, 4) is 11.3 Å². The second kappa shape index (κ2) is 10.8. The predicted octanol–water partition coefficient (Wildman–Crippen LogP) is 6.59. The van der Waals surface area contributed by atoms with Crippen LogP contribution in [0.25, 0.3) is 27.7 Å². The first kappa shape index (κ1) is 25.4. The van der Waals surface area contributed by atoms with Gasteiger partial charge in [-0.3, -0.25) is 9.78 Å².